The van der Waals surface area contributed by atoms with E-state index in [0.29, 0.717) is 35.8 Å². The van der Waals surface area contributed by atoms with Gasteiger partial charge >= 0.3 is 0 Å². The second kappa shape index (κ2) is 6.60. The van der Waals surface area contributed by atoms with Gasteiger partial charge in [0.25, 0.3) is 5.91 Å². The predicted octanol–water partition coefficient (Wildman–Crippen LogP) is 3.03. The highest BCUT2D eigenvalue weighted by molar-refractivity contribution is 6.34. The molecule has 2 aromatic rings. The third-order valence-electron chi connectivity index (χ3n) is 5.81. The summed E-state index contributed by atoms with van der Waals surface area (Å²) in [5.41, 5.74) is 6.87. The molecule has 1 aromatic heterocycles. The van der Waals surface area contributed by atoms with Gasteiger partial charge in [-0.3, -0.25) is 4.79 Å². The lowest BCUT2D eigenvalue weighted by atomic mass is 9.80. The Balaban J connectivity index is 1.88. The van der Waals surface area contributed by atoms with Gasteiger partial charge < -0.3 is 21.1 Å². The van der Waals surface area contributed by atoms with E-state index in [2.05, 4.69) is 10.3 Å². The summed E-state index contributed by atoms with van der Waals surface area (Å²) >= 11 is 6.76. The van der Waals surface area contributed by atoms with Crippen LogP contribution in [0.2, 0.25) is 5.02 Å². The van der Waals surface area contributed by atoms with Gasteiger partial charge in [0.15, 0.2) is 0 Å². The van der Waals surface area contributed by atoms with Gasteiger partial charge in [0, 0.05) is 54.6 Å². The van der Waals surface area contributed by atoms with Crippen molar-refractivity contribution >= 4 is 29.0 Å². The molecular formula is C20H22ClFN4O2. The topological polar surface area (TPSA) is 91.5 Å². The molecule has 4 N–H and O–H groups in total. The Labute approximate surface area is 167 Å². The number of benzene rings is 1. The van der Waals surface area contributed by atoms with E-state index in [0.717, 1.165) is 12.0 Å². The highest BCUT2D eigenvalue weighted by Crippen LogP contribution is 2.52. The van der Waals surface area contributed by atoms with Gasteiger partial charge in [0.05, 0.1) is 16.7 Å². The molecule has 0 unspecified atom stereocenters. The summed E-state index contributed by atoms with van der Waals surface area (Å²) in [7, 11) is 3.08. The number of hydrogen-bond acceptors (Lipinski definition) is 5. The maximum Gasteiger partial charge on any atom is 0.258 e. The number of nitrogens with zero attached hydrogens (tertiary/aromatic N) is 2. The monoisotopic (exact) mass is 404 g/mol. The first-order chi connectivity index (χ1) is 13.2. The first-order valence-electron chi connectivity index (χ1n) is 9.16. The molecule has 2 atom stereocenters. The highest BCUT2D eigenvalue weighted by Gasteiger charge is 2.47. The number of rotatable bonds is 2. The van der Waals surface area contributed by atoms with Gasteiger partial charge in [-0.25, -0.2) is 9.37 Å². The second-order valence-corrected chi connectivity index (χ2v) is 8.21. The summed E-state index contributed by atoms with van der Waals surface area (Å²) in [5, 5.41) is 13.7. The number of nitrogens with one attached hydrogen (secondary N) is 1. The molecule has 28 heavy (non-hydrogen) atoms. The van der Waals surface area contributed by atoms with Crippen LogP contribution in [0.1, 0.15) is 35.2 Å². The molecule has 1 saturated carbocycles. The minimum Gasteiger partial charge on any atom is -0.398 e. The number of aliphatic hydroxyl groups is 1. The average molecular weight is 405 g/mol. The van der Waals surface area contributed by atoms with E-state index in [-0.39, 0.29) is 28.3 Å². The Hall–Kier alpha value is -2.38. The van der Waals surface area contributed by atoms with Crippen molar-refractivity contribution in [3.63, 3.8) is 0 Å². The number of nitrogen functional groups attached to an aromatic ring is 1. The first-order valence-corrected chi connectivity index (χ1v) is 9.54. The Morgan fingerprint density at radius 3 is 2.82 bits per heavy atom. The van der Waals surface area contributed by atoms with Crippen LogP contribution in [0.15, 0.2) is 18.3 Å². The summed E-state index contributed by atoms with van der Waals surface area (Å²) in [6.45, 7) is 0.643. The molecule has 4 rings (SSSR count). The van der Waals surface area contributed by atoms with E-state index < -0.39 is 11.7 Å². The number of fused-ring (bicyclic) bond motifs is 2. The molecule has 0 saturated heterocycles. The smallest absolute Gasteiger partial charge is 0.258 e. The maximum absolute atomic E-state index is 15.3. The fourth-order valence-corrected chi connectivity index (χ4v) is 4.80. The van der Waals surface area contributed by atoms with Crippen LogP contribution in [0.5, 0.6) is 0 Å². The van der Waals surface area contributed by atoms with Crippen LogP contribution in [0.4, 0.5) is 15.9 Å². The molecule has 0 bridgehead atoms. The van der Waals surface area contributed by atoms with E-state index in [9.17, 15) is 9.90 Å². The Morgan fingerprint density at radius 1 is 1.43 bits per heavy atom. The summed E-state index contributed by atoms with van der Waals surface area (Å²) in [6.07, 6.45) is 3.20. The third-order valence-corrected chi connectivity index (χ3v) is 6.20. The minimum atomic E-state index is -0.714. The van der Waals surface area contributed by atoms with Gasteiger partial charge in [-0.2, -0.15) is 0 Å². The number of carbonyl (C=O) groups excluding carboxylic acids is 1. The zero-order valence-electron chi connectivity index (χ0n) is 15.7. The van der Waals surface area contributed by atoms with Crippen molar-refractivity contribution in [2.45, 2.75) is 30.8 Å². The quantitative estimate of drug-likeness (QED) is 0.669. The number of anilines is 2. The van der Waals surface area contributed by atoms with Crippen molar-refractivity contribution in [2.24, 2.45) is 0 Å². The van der Waals surface area contributed by atoms with Gasteiger partial charge in [-0.05, 0) is 31.4 Å². The molecule has 8 heteroatoms. The van der Waals surface area contributed by atoms with Crippen molar-refractivity contribution in [1.29, 1.82) is 0 Å². The summed E-state index contributed by atoms with van der Waals surface area (Å²) < 4.78 is 15.3. The summed E-state index contributed by atoms with van der Waals surface area (Å²) in [6, 6.07) is 3.02. The zero-order chi connectivity index (χ0) is 20.2. The molecule has 2 heterocycles. The average Bonchev–Trinajstić information content (AvgIpc) is 3.20. The number of nitrogens with two attached hydrogens (primary N) is 1. The number of aliphatic hydroxyl groups excluding tert-OH is 1. The van der Waals surface area contributed by atoms with Crippen molar-refractivity contribution in [2.75, 3.05) is 31.7 Å². The van der Waals surface area contributed by atoms with Crippen molar-refractivity contribution in [1.82, 2.24) is 9.88 Å². The van der Waals surface area contributed by atoms with Crippen LogP contribution < -0.4 is 11.1 Å². The molecule has 1 amide bonds. The number of carbonyl (C=O) groups is 1. The van der Waals surface area contributed by atoms with Gasteiger partial charge in [0.2, 0.25) is 0 Å². The van der Waals surface area contributed by atoms with Gasteiger partial charge in [-0.1, -0.05) is 11.6 Å². The van der Waals surface area contributed by atoms with E-state index in [1.54, 1.807) is 14.1 Å². The number of pyridine rings is 1. The number of hydrogen-bond donors (Lipinski definition) is 3. The largest absolute Gasteiger partial charge is 0.398 e. The Kier molecular flexibility index (Phi) is 4.47. The summed E-state index contributed by atoms with van der Waals surface area (Å²) in [4.78, 5) is 18.1. The van der Waals surface area contributed by atoms with Crippen LogP contribution in [0, 0.1) is 5.82 Å². The minimum absolute atomic E-state index is 0.0715. The molecule has 0 radical (unpaired) electrons. The lowest BCUT2D eigenvalue weighted by molar-refractivity contribution is 0.0824. The third kappa shape index (κ3) is 2.72. The number of halogens is 2. The molecule has 1 aliphatic carbocycles. The van der Waals surface area contributed by atoms with Gasteiger partial charge in [0.1, 0.15) is 11.6 Å². The number of aromatic nitrogens is 1. The molecule has 1 fully saturated rings. The van der Waals surface area contributed by atoms with E-state index in [1.165, 1.54) is 23.2 Å². The molecule has 6 nitrogen and oxygen atoms in total. The maximum atomic E-state index is 15.3. The van der Waals surface area contributed by atoms with Crippen LogP contribution in [0.25, 0.3) is 11.1 Å². The highest BCUT2D eigenvalue weighted by atomic mass is 35.5. The van der Waals surface area contributed by atoms with Crippen LogP contribution in [0.3, 0.4) is 0 Å². The van der Waals surface area contributed by atoms with Crippen molar-refractivity contribution in [3.05, 3.63) is 40.3 Å². The van der Waals surface area contributed by atoms with Crippen LogP contribution in [-0.2, 0) is 5.41 Å². The van der Waals surface area contributed by atoms with E-state index >= 15 is 4.39 Å². The molecule has 148 valence electrons. The van der Waals surface area contributed by atoms with Gasteiger partial charge in [-0.15, -0.1) is 0 Å². The fourth-order valence-electron chi connectivity index (χ4n) is 4.36. The Bertz CT molecular complexity index is 977. The van der Waals surface area contributed by atoms with Crippen LogP contribution in [-0.4, -0.2) is 47.6 Å². The van der Waals surface area contributed by atoms with Crippen molar-refractivity contribution in [3.8, 4) is 11.1 Å². The van der Waals surface area contributed by atoms with E-state index in [1.807, 2.05) is 0 Å². The zero-order valence-corrected chi connectivity index (χ0v) is 16.5. The Morgan fingerprint density at radius 2 is 2.18 bits per heavy atom. The fraction of sp³-hybridized carbons (Fsp3) is 0.400. The normalized spacial score (nSPS) is 23.0. The standard InChI is InChI=1S/C20H22ClFN4O2/c1-26(2)19(28)14-13(23)4-3-11(17(14)22)12-8-24-18-15(16(12)21)20(9-25-18)6-5-10(27)7-20/h3-4,8,10,27H,5-7,9,23H2,1-2H3,(H,24,25)/t10-,20+/m1/s1. The summed E-state index contributed by atoms with van der Waals surface area (Å²) in [5.74, 6) is -0.559. The second-order valence-electron chi connectivity index (χ2n) is 7.83. The molecular weight excluding hydrogens is 383 g/mol. The number of amides is 1. The molecule has 1 spiro atoms. The van der Waals surface area contributed by atoms with Crippen LogP contribution >= 0.6 is 11.6 Å². The lowest BCUT2D eigenvalue weighted by Gasteiger charge is -2.24. The molecule has 1 aliphatic heterocycles. The predicted molar refractivity (Wildman–Crippen MR) is 107 cm³/mol. The SMILES string of the molecule is CN(C)C(=O)c1c(N)ccc(-c2cnc3c(c2Cl)[C@]2(CC[C@@H](O)C2)CN3)c1F. The molecule has 1 aromatic carbocycles. The lowest BCUT2D eigenvalue weighted by Crippen LogP contribution is -2.26. The van der Waals surface area contributed by atoms with Crippen molar-refractivity contribution < 1.29 is 14.3 Å². The first kappa shape index (κ1) is 19.0. The van der Waals surface area contributed by atoms with E-state index in [4.69, 9.17) is 17.3 Å². The molecule has 2 aliphatic rings.